The third-order valence-corrected chi connectivity index (χ3v) is 5.32. The highest BCUT2D eigenvalue weighted by Gasteiger charge is 2.33. The minimum absolute atomic E-state index is 0.00443. The van der Waals surface area contributed by atoms with Crippen molar-refractivity contribution in [3.63, 3.8) is 0 Å². The lowest BCUT2D eigenvalue weighted by Crippen LogP contribution is -2.48. The van der Waals surface area contributed by atoms with Crippen LogP contribution in [0.1, 0.15) is 49.4 Å². The highest BCUT2D eigenvalue weighted by Crippen LogP contribution is 2.25. The van der Waals surface area contributed by atoms with Crippen molar-refractivity contribution in [3.8, 4) is 0 Å². The van der Waals surface area contributed by atoms with Crippen molar-refractivity contribution in [1.29, 1.82) is 0 Å². The molecule has 1 unspecified atom stereocenters. The second-order valence-electron chi connectivity index (χ2n) is 6.92. The van der Waals surface area contributed by atoms with Gasteiger partial charge >= 0.3 is 0 Å². The third-order valence-electron chi connectivity index (χ3n) is 5.32. The molecule has 1 atom stereocenters. The summed E-state index contributed by atoms with van der Waals surface area (Å²) in [6.45, 7) is 4.01. The minimum atomic E-state index is -0.483. The van der Waals surface area contributed by atoms with E-state index in [4.69, 9.17) is 0 Å². The van der Waals surface area contributed by atoms with Gasteiger partial charge in [0.15, 0.2) is 0 Å². The molecule has 0 aromatic heterocycles. The summed E-state index contributed by atoms with van der Waals surface area (Å²) in [6.07, 6.45) is 4.70. The summed E-state index contributed by atoms with van der Waals surface area (Å²) in [5.41, 5.74) is 0.118. The van der Waals surface area contributed by atoms with E-state index in [0.717, 1.165) is 19.4 Å². The van der Waals surface area contributed by atoms with E-state index < -0.39 is 5.82 Å². The lowest BCUT2D eigenvalue weighted by atomic mass is 9.92. The van der Waals surface area contributed by atoms with Crippen LogP contribution in [0.25, 0.3) is 0 Å². The van der Waals surface area contributed by atoms with Crippen LogP contribution in [0.15, 0.2) is 24.3 Å². The predicted molar refractivity (Wildman–Crippen MR) is 90.1 cm³/mol. The van der Waals surface area contributed by atoms with Gasteiger partial charge in [-0.2, -0.15) is 0 Å². The number of carbonyl (C=O) groups excluding carboxylic acids is 2. The predicted octanol–water partition coefficient (Wildman–Crippen LogP) is 3.08. The van der Waals surface area contributed by atoms with Gasteiger partial charge in [0.05, 0.1) is 5.56 Å². The van der Waals surface area contributed by atoms with Crippen molar-refractivity contribution >= 4 is 11.8 Å². The van der Waals surface area contributed by atoms with Gasteiger partial charge in [-0.15, -0.1) is 0 Å². The number of hydrogen-bond donors (Lipinski definition) is 0. The molecule has 0 spiro atoms. The molecule has 1 aromatic carbocycles. The van der Waals surface area contributed by atoms with Gasteiger partial charge < -0.3 is 9.80 Å². The second-order valence-corrected chi connectivity index (χ2v) is 6.92. The SMILES string of the molecule is CC1CCCCN1C(=O)C1CCN(C(=O)c2ccccc2F)CC1. The van der Waals surface area contributed by atoms with Gasteiger partial charge in [-0.05, 0) is 51.2 Å². The maximum absolute atomic E-state index is 13.8. The zero-order valence-corrected chi connectivity index (χ0v) is 14.2. The maximum Gasteiger partial charge on any atom is 0.256 e. The van der Waals surface area contributed by atoms with E-state index in [9.17, 15) is 14.0 Å². The number of nitrogens with zero attached hydrogens (tertiary/aromatic N) is 2. The first-order chi connectivity index (χ1) is 11.6. The van der Waals surface area contributed by atoms with Crippen LogP contribution >= 0.6 is 0 Å². The molecule has 1 aromatic rings. The molecule has 2 aliphatic heterocycles. The Bertz CT molecular complexity index is 611. The Morgan fingerprint density at radius 3 is 2.42 bits per heavy atom. The van der Waals surface area contributed by atoms with E-state index in [-0.39, 0.29) is 23.3 Å². The van der Waals surface area contributed by atoms with Gasteiger partial charge in [-0.1, -0.05) is 12.1 Å². The van der Waals surface area contributed by atoms with Crippen LogP contribution in [0, 0.1) is 11.7 Å². The third kappa shape index (κ3) is 3.45. The number of rotatable bonds is 2. The largest absolute Gasteiger partial charge is 0.340 e. The van der Waals surface area contributed by atoms with Gasteiger partial charge in [0.25, 0.3) is 5.91 Å². The number of carbonyl (C=O) groups is 2. The Morgan fingerprint density at radius 1 is 1.04 bits per heavy atom. The molecule has 3 rings (SSSR count). The average molecular weight is 332 g/mol. The number of piperidine rings is 2. The molecule has 4 nitrogen and oxygen atoms in total. The summed E-state index contributed by atoms with van der Waals surface area (Å²) in [6, 6.07) is 6.40. The van der Waals surface area contributed by atoms with E-state index in [1.807, 2.05) is 4.90 Å². The molecular weight excluding hydrogens is 307 g/mol. The van der Waals surface area contributed by atoms with Crippen molar-refractivity contribution in [2.45, 2.75) is 45.1 Å². The first-order valence-electron chi connectivity index (χ1n) is 8.92. The Kier molecular flexibility index (Phi) is 5.17. The molecule has 2 fully saturated rings. The zero-order chi connectivity index (χ0) is 17.1. The maximum atomic E-state index is 13.8. The van der Waals surface area contributed by atoms with Crippen molar-refractivity contribution in [2.75, 3.05) is 19.6 Å². The van der Waals surface area contributed by atoms with Crippen LogP contribution in [0.2, 0.25) is 0 Å². The molecule has 0 N–H and O–H groups in total. The fourth-order valence-electron chi connectivity index (χ4n) is 3.79. The Labute approximate surface area is 142 Å². The van der Waals surface area contributed by atoms with Crippen LogP contribution in [0.4, 0.5) is 4.39 Å². The van der Waals surface area contributed by atoms with Gasteiger partial charge in [-0.25, -0.2) is 4.39 Å². The van der Waals surface area contributed by atoms with Gasteiger partial charge in [0.1, 0.15) is 5.82 Å². The van der Waals surface area contributed by atoms with Crippen LogP contribution in [-0.4, -0.2) is 47.3 Å². The summed E-state index contributed by atoms with van der Waals surface area (Å²) >= 11 is 0. The molecule has 130 valence electrons. The molecule has 2 heterocycles. The lowest BCUT2D eigenvalue weighted by molar-refractivity contribution is -0.140. The summed E-state index contributed by atoms with van der Waals surface area (Å²) in [5.74, 6) is -0.524. The molecule has 2 aliphatic rings. The van der Waals surface area contributed by atoms with Crippen LogP contribution in [-0.2, 0) is 4.79 Å². The molecule has 0 saturated carbocycles. The average Bonchev–Trinajstić information content (AvgIpc) is 2.61. The first kappa shape index (κ1) is 16.9. The van der Waals surface area contributed by atoms with Crippen molar-refractivity contribution in [1.82, 2.24) is 9.80 Å². The topological polar surface area (TPSA) is 40.6 Å². The minimum Gasteiger partial charge on any atom is -0.340 e. The van der Waals surface area contributed by atoms with E-state index in [2.05, 4.69) is 6.92 Å². The summed E-state index contributed by atoms with van der Waals surface area (Å²) in [5, 5.41) is 0. The summed E-state index contributed by atoms with van der Waals surface area (Å²) in [4.78, 5) is 28.9. The fraction of sp³-hybridized carbons (Fsp3) is 0.579. The van der Waals surface area contributed by atoms with Crippen LogP contribution < -0.4 is 0 Å². The standard InChI is InChI=1S/C19H25FN2O2/c1-14-6-4-5-11-22(14)18(23)15-9-12-21(13-10-15)19(24)16-7-2-3-8-17(16)20/h2-3,7-8,14-15H,4-6,9-13H2,1H3. The van der Waals surface area contributed by atoms with E-state index in [0.29, 0.717) is 32.0 Å². The van der Waals surface area contributed by atoms with Gasteiger partial charge in [0.2, 0.25) is 5.91 Å². The molecule has 5 heteroatoms. The quantitative estimate of drug-likeness (QED) is 0.835. The normalized spacial score (nSPS) is 22.5. The number of amides is 2. The Balaban J connectivity index is 1.58. The number of halogens is 1. The van der Waals surface area contributed by atoms with Crippen LogP contribution in [0.3, 0.4) is 0 Å². The van der Waals surface area contributed by atoms with Gasteiger partial charge in [0, 0.05) is 31.6 Å². The summed E-state index contributed by atoms with van der Waals surface area (Å²) in [7, 11) is 0. The summed E-state index contributed by atoms with van der Waals surface area (Å²) < 4.78 is 13.8. The molecular formula is C19H25FN2O2. The monoisotopic (exact) mass is 332 g/mol. The zero-order valence-electron chi connectivity index (χ0n) is 14.2. The Morgan fingerprint density at radius 2 is 1.75 bits per heavy atom. The molecule has 2 amide bonds. The second kappa shape index (κ2) is 7.32. The van der Waals surface area contributed by atoms with Gasteiger partial charge in [-0.3, -0.25) is 9.59 Å². The van der Waals surface area contributed by atoms with E-state index >= 15 is 0 Å². The Hall–Kier alpha value is -1.91. The number of likely N-dealkylation sites (tertiary alicyclic amines) is 2. The van der Waals surface area contributed by atoms with Crippen molar-refractivity contribution in [2.24, 2.45) is 5.92 Å². The molecule has 2 saturated heterocycles. The van der Waals surface area contributed by atoms with Crippen molar-refractivity contribution < 1.29 is 14.0 Å². The van der Waals surface area contributed by atoms with Crippen LogP contribution in [0.5, 0.6) is 0 Å². The first-order valence-corrected chi connectivity index (χ1v) is 8.92. The molecule has 0 aliphatic carbocycles. The number of hydrogen-bond acceptors (Lipinski definition) is 2. The van der Waals surface area contributed by atoms with Crippen molar-refractivity contribution in [3.05, 3.63) is 35.6 Å². The smallest absolute Gasteiger partial charge is 0.256 e. The molecule has 0 radical (unpaired) electrons. The lowest BCUT2D eigenvalue weighted by Gasteiger charge is -2.38. The molecule has 0 bridgehead atoms. The van der Waals surface area contributed by atoms with E-state index in [1.54, 1.807) is 17.0 Å². The highest BCUT2D eigenvalue weighted by molar-refractivity contribution is 5.94. The number of benzene rings is 1. The highest BCUT2D eigenvalue weighted by atomic mass is 19.1. The van der Waals surface area contributed by atoms with E-state index in [1.165, 1.54) is 18.6 Å². The molecule has 24 heavy (non-hydrogen) atoms. The fourth-order valence-corrected chi connectivity index (χ4v) is 3.79.